The minimum atomic E-state index is -0.0461. The van der Waals surface area contributed by atoms with Crippen LogP contribution in [0.3, 0.4) is 0 Å². The molecule has 0 aliphatic rings. The number of hydrogen-bond donors (Lipinski definition) is 1. The highest BCUT2D eigenvalue weighted by Gasteiger charge is 1.77. The molecule has 0 unspecified atom stereocenters. The SMILES string of the molecule is OCC#CC/C=C/CCCCl. The van der Waals surface area contributed by atoms with Crippen molar-refractivity contribution >= 4 is 11.6 Å². The normalized spacial score (nSPS) is 9.64. The summed E-state index contributed by atoms with van der Waals surface area (Å²) in [5.41, 5.74) is 0. The van der Waals surface area contributed by atoms with Gasteiger partial charge in [-0.05, 0) is 12.8 Å². The topological polar surface area (TPSA) is 20.2 Å². The van der Waals surface area contributed by atoms with Crippen molar-refractivity contribution in [2.75, 3.05) is 12.5 Å². The van der Waals surface area contributed by atoms with Crippen LogP contribution in [-0.4, -0.2) is 17.6 Å². The molecule has 0 heterocycles. The third-order valence-electron chi connectivity index (χ3n) is 1.10. The van der Waals surface area contributed by atoms with Crippen LogP contribution in [0.5, 0.6) is 0 Å². The van der Waals surface area contributed by atoms with E-state index in [0.29, 0.717) is 5.88 Å². The molecule has 0 aromatic heterocycles. The first-order chi connectivity index (χ1) is 5.41. The maximum absolute atomic E-state index is 8.29. The minimum absolute atomic E-state index is 0.0461. The van der Waals surface area contributed by atoms with E-state index in [4.69, 9.17) is 16.7 Å². The lowest BCUT2D eigenvalue weighted by atomic mass is 10.3. The number of allylic oxidation sites excluding steroid dienone is 2. The molecule has 1 nitrogen and oxygen atoms in total. The number of hydrogen-bond acceptors (Lipinski definition) is 1. The third kappa shape index (κ3) is 9.55. The summed E-state index contributed by atoms with van der Waals surface area (Å²) in [7, 11) is 0. The Morgan fingerprint density at radius 1 is 1.27 bits per heavy atom. The largest absolute Gasteiger partial charge is 0.384 e. The van der Waals surface area contributed by atoms with Crippen LogP contribution >= 0.6 is 11.6 Å². The van der Waals surface area contributed by atoms with Gasteiger partial charge in [-0.1, -0.05) is 24.0 Å². The monoisotopic (exact) mass is 172 g/mol. The van der Waals surface area contributed by atoms with Crippen molar-refractivity contribution in [2.45, 2.75) is 19.3 Å². The molecule has 62 valence electrons. The Kier molecular flexibility index (Phi) is 9.16. The second kappa shape index (κ2) is 9.55. The van der Waals surface area contributed by atoms with Crippen molar-refractivity contribution in [3.8, 4) is 11.8 Å². The predicted octanol–water partition coefficient (Wildman–Crippen LogP) is 1.95. The first kappa shape index (κ1) is 10.6. The number of halogens is 1. The second-order valence-corrected chi connectivity index (χ2v) is 2.40. The van der Waals surface area contributed by atoms with Gasteiger partial charge in [0, 0.05) is 12.3 Å². The van der Waals surface area contributed by atoms with Gasteiger partial charge in [0.1, 0.15) is 6.61 Å². The van der Waals surface area contributed by atoms with Gasteiger partial charge < -0.3 is 5.11 Å². The van der Waals surface area contributed by atoms with E-state index in [1.54, 1.807) is 0 Å². The molecule has 2 heteroatoms. The Labute approximate surface area is 73.1 Å². The molecule has 0 aliphatic carbocycles. The van der Waals surface area contributed by atoms with Crippen molar-refractivity contribution in [3.63, 3.8) is 0 Å². The molecular formula is C9H13ClO. The average molecular weight is 173 g/mol. The maximum Gasteiger partial charge on any atom is 0.104 e. The van der Waals surface area contributed by atoms with E-state index in [2.05, 4.69) is 17.9 Å². The molecule has 0 rings (SSSR count). The van der Waals surface area contributed by atoms with E-state index in [1.807, 2.05) is 6.08 Å². The van der Waals surface area contributed by atoms with Gasteiger partial charge in [0.05, 0.1) is 0 Å². The Morgan fingerprint density at radius 3 is 2.73 bits per heavy atom. The Bertz CT molecular complexity index is 153. The summed E-state index contributed by atoms with van der Waals surface area (Å²) in [5.74, 6) is 6.07. The number of alkyl halides is 1. The molecule has 0 aromatic carbocycles. The van der Waals surface area contributed by atoms with E-state index >= 15 is 0 Å². The van der Waals surface area contributed by atoms with E-state index in [1.165, 1.54) is 0 Å². The fraction of sp³-hybridized carbons (Fsp3) is 0.556. The zero-order chi connectivity index (χ0) is 8.36. The molecule has 0 saturated carbocycles. The summed E-state index contributed by atoms with van der Waals surface area (Å²) in [6.07, 6.45) is 6.82. The Morgan fingerprint density at radius 2 is 2.09 bits per heavy atom. The Balaban J connectivity index is 3.16. The van der Waals surface area contributed by atoms with Crippen LogP contribution in [0.4, 0.5) is 0 Å². The maximum atomic E-state index is 8.29. The van der Waals surface area contributed by atoms with E-state index in [-0.39, 0.29) is 6.61 Å². The molecule has 0 bridgehead atoms. The lowest BCUT2D eigenvalue weighted by molar-refractivity contribution is 0.350. The summed E-state index contributed by atoms with van der Waals surface area (Å²) in [6.45, 7) is -0.0461. The molecule has 0 radical (unpaired) electrons. The first-order valence-electron chi connectivity index (χ1n) is 3.69. The van der Waals surface area contributed by atoms with Gasteiger partial charge in [0.2, 0.25) is 0 Å². The summed E-state index contributed by atoms with van der Waals surface area (Å²) in [5, 5.41) is 8.29. The first-order valence-corrected chi connectivity index (χ1v) is 4.22. The van der Waals surface area contributed by atoms with Crippen LogP contribution in [0.2, 0.25) is 0 Å². The summed E-state index contributed by atoms with van der Waals surface area (Å²) in [6, 6.07) is 0. The van der Waals surface area contributed by atoms with Gasteiger partial charge in [-0.3, -0.25) is 0 Å². The third-order valence-corrected chi connectivity index (χ3v) is 1.36. The van der Waals surface area contributed by atoms with Crippen LogP contribution < -0.4 is 0 Å². The second-order valence-electron chi connectivity index (χ2n) is 2.02. The van der Waals surface area contributed by atoms with Gasteiger partial charge in [-0.15, -0.1) is 11.6 Å². The standard InChI is InChI=1S/C9H13ClO/c10-8-6-4-2-1-3-5-7-9-11/h1-2,11H,3-4,6,8-9H2/b2-1+. The van der Waals surface area contributed by atoms with E-state index < -0.39 is 0 Å². The molecule has 0 spiro atoms. The Hall–Kier alpha value is -0.450. The lowest BCUT2D eigenvalue weighted by Crippen LogP contribution is -1.72. The van der Waals surface area contributed by atoms with Crippen molar-refractivity contribution in [2.24, 2.45) is 0 Å². The summed E-state index contributed by atoms with van der Waals surface area (Å²) in [4.78, 5) is 0. The van der Waals surface area contributed by atoms with Crippen LogP contribution in [-0.2, 0) is 0 Å². The zero-order valence-electron chi connectivity index (χ0n) is 6.52. The van der Waals surface area contributed by atoms with Crippen LogP contribution in [0.25, 0.3) is 0 Å². The number of aliphatic hydroxyl groups excluding tert-OH is 1. The van der Waals surface area contributed by atoms with Gasteiger partial charge in [-0.2, -0.15) is 0 Å². The lowest BCUT2D eigenvalue weighted by Gasteiger charge is -1.84. The summed E-state index contributed by atoms with van der Waals surface area (Å²) >= 11 is 5.47. The molecule has 0 saturated heterocycles. The summed E-state index contributed by atoms with van der Waals surface area (Å²) < 4.78 is 0. The van der Waals surface area contributed by atoms with Crippen LogP contribution in [0.15, 0.2) is 12.2 Å². The van der Waals surface area contributed by atoms with Crippen molar-refractivity contribution in [1.82, 2.24) is 0 Å². The number of rotatable bonds is 4. The predicted molar refractivity (Wildman–Crippen MR) is 48.6 cm³/mol. The quantitative estimate of drug-likeness (QED) is 0.298. The molecule has 0 amide bonds. The fourth-order valence-electron chi connectivity index (χ4n) is 0.583. The minimum Gasteiger partial charge on any atom is -0.384 e. The molecular weight excluding hydrogens is 160 g/mol. The van der Waals surface area contributed by atoms with E-state index in [9.17, 15) is 0 Å². The van der Waals surface area contributed by atoms with Crippen molar-refractivity contribution < 1.29 is 5.11 Å². The molecule has 11 heavy (non-hydrogen) atoms. The smallest absolute Gasteiger partial charge is 0.104 e. The highest BCUT2D eigenvalue weighted by Crippen LogP contribution is 1.93. The molecule has 0 aliphatic heterocycles. The zero-order valence-corrected chi connectivity index (χ0v) is 7.27. The number of aliphatic hydroxyl groups is 1. The highest BCUT2D eigenvalue weighted by molar-refractivity contribution is 6.17. The van der Waals surface area contributed by atoms with Crippen molar-refractivity contribution in [1.29, 1.82) is 0 Å². The number of unbranched alkanes of at least 4 members (excludes halogenated alkanes) is 1. The average Bonchev–Trinajstić information content (AvgIpc) is 2.03. The van der Waals surface area contributed by atoms with Crippen molar-refractivity contribution in [3.05, 3.63) is 12.2 Å². The fourth-order valence-corrected chi connectivity index (χ4v) is 0.737. The van der Waals surface area contributed by atoms with Gasteiger partial charge in [-0.25, -0.2) is 0 Å². The van der Waals surface area contributed by atoms with E-state index in [0.717, 1.165) is 19.3 Å². The highest BCUT2D eigenvalue weighted by atomic mass is 35.5. The molecule has 0 atom stereocenters. The van der Waals surface area contributed by atoms with Crippen LogP contribution in [0.1, 0.15) is 19.3 Å². The van der Waals surface area contributed by atoms with Crippen LogP contribution in [0, 0.1) is 11.8 Å². The molecule has 1 N–H and O–H groups in total. The van der Waals surface area contributed by atoms with Gasteiger partial charge in [0.15, 0.2) is 0 Å². The van der Waals surface area contributed by atoms with Gasteiger partial charge in [0.25, 0.3) is 0 Å². The molecule has 0 fully saturated rings. The van der Waals surface area contributed by atoms with Gasteiger partial charge >= 0.3 is 0 Å². The molecule has 0 aromatic rings.